The predicted molar refractivity (Wildman–Crippen MR) is 64.0 cm³/mol. The first-order valence-electron chi connectivity index (χ1n) is 5.70. The highest BCUT2D eigenvalue weighted by Gasteiger charge is 2.30. The van der Waals surface area contributed by atoms with Gasteiger partial charge in [0.05, 0.1) is 6.20 Å². The summed E-state index contributed by atoms with van der Waals surface area (Å²) < 4.78 is 27.7. The Balaban J connectivity index is 2.21. The lowest BCUT2D eigenvalue weighted by atomic mass is 10.1. The number of piperidine rings is 1. The minimum atomic E-state index is -3.37. The van der Waals surface area contributed by atoms with Crippen molar-refractivity contribution in [3.05, 3.63) is 12.4 Å². The van der Waals surface area contributed by atoms with Crippen LogP contribution in [0.15, 0.2) is 17.3 Å². The van der Waals surface area contributed by atoms with Crippen molar-refractivity contribution in [2.75, 3.05) is 20.1 Å². The van der Waals surface area contributed by atoms with Crippen LogP contribution in [-0.4, -0.2) is 48.7 Å². The summed E-state index contributed by atoms with van der Waals surface area (Å²) in [5.41, 5.74) is 0. The van der Waals surface area contributed by atoms with Crippen LogP contribution in [0.5, 0.6) is 0 Å². The average molecular weight is 258 g/mol. The van der Waals surface area contributed by atoms with E-state index < -0.39 is 10.0 Å². The van der Waals surface area contributed by atoms with Gasteiger partial charge in [-0.1, -0.05) is 0 Å². The molecule has 1 aliphatic heterocycles. The van der Waals surface area contributed by atoms with Crippen molar-refractivity contribution in [3.8, 4) is 0 Å². The molecule has 0 bridgehead atoms. The first kappa shape index (κ1) is 12.5. The molecule has 17 heavy (non-hydrogen) atoms. The Morgan fingerprint density at radius 1 is 1.53 bits per heavy atom. The Morgan fingerprint density at radius 2 is 2.29 bits per heavy atom. The van der Waals surface area contributed by atoms with Gasteiger partial charge in [-0.05, 0) is 19.9 Å². The van der Waals surface area contributed by atoms with Crippen LogP contribution >= 0.6 is 0 Å². The minimum absolute atomic E-state index is 0.246. The van der Waals surface area contributed by atoms with E-state index in [2.05, 4.69) is 10.4 Å². The topological polar surface area (TPSA) is 67.2 Å². The highest BCUT2D eigenvalue weighted by Crippen LogP contribution is 2.19. The maximum absolute atomic E-state index is 12.3. The maximum atomic E-state index is 12.3. The van der Waals surface area contributed by atoms with Gasteiger partial charge in [-0.15, -0.1) is 0 Å². The second kappa shape index (κ2) is 4.75. The molecule has 1 atom stereocenters. The standard InChI is InChI=1S/C10H18N4O2S/c1-11-9-4-3-5-14(7-9)17(15,16)10-6-12-13(2)8-10/h6,8-9,11H,3-5,7H2,1-2H3/t9-/m1/s1. The van der Waals surface area contributed by atoms with Gasteiger partial charge >= 0.3 is 0 Å². The van der Waals surface area contributed by atoms with Gasteiger partial charge < -0.3 is 5.32 Å². The number of nitrogens with zero attached hydrogens (tertiary/aromatic N) is 3. The van der Waals surface area contributed by atoms with E-state index in [1.807, 2.05) is 7.05 Å². The van der Waals surface area contributed by atoms with Gasteiger partial charge in [0, 0.05) is 32.4 Å². The van der Waals surface area contributed by atoms with Crippen LogP contribution < -0.4 is 5.32 Å². The fourth-order valence-corrected chi connectivity index (χ4v) is 3.59. The van der Waals surface area contributed by atoms with Crippen molar-refractivity contribution >= 4 is 10.0 Å². The van der Waals surface area contributed by atoms with E-state index in [4.69, 9.17) is 0 Å². The highest BCUT2D eigenvalue weighted by atomic mass is 32.2. The Kier molecular flexibility index (Phi) is 3.50. The molecule has 96 valence electrons. The van der Waals surface area contributed by atoms with E-state index in [-0.39, 0.29) is 10.9 Å². The zero-order valence-corrected chi connectivity index (χ0v) is 10.9. The van der Waals surface area contributed by atoms with E-state index in [9.17, 15) is 8.42 Å². The monoisotopic (exact) mass is 258 g/mol. The van der Waals surface area contributed by atoms with Gasteiger partial charge in [0.25, 0.3) is 0 Å². The molecule has 1 aliphatic rings. The number of hydrogen-bond acceptors (Lipinski definition) is 4. The van der Waals surface area contributed by atoms with Crippen LogP contribution in [-0.2, 0) is 17.1 Å². The molecule has 1 fully saturated rings. The number of likely N-dealkylation sites (N-methyl/N-ethyl adjacent to an activating group) is 1. The van der Waals surface area contributed by atoms with Crippen molar-refractivity contribution in [2.45, 2.75) is 23.8 Å². The summed E-state index contributed by atoms with van der Waals surface area (Å²) in [5, 5.41) is 7.05. The molecule has 0 saturated carbocycles. The van der Waals surface area contributed by atoms with Crippen molar-refractivity contribution in [1.29, 1.82) is 0 Å². The van der Waals surface area contributed by atoms with Crippen molar-refractivity contribution in [3.63, 3.8) is 0 Å². The number of rotatable bonds is 3. The van der Waals surface area contributed by atoms with Crippen LogP contribution in [0.1, 0.15) is 12.8 Å². The fourth-order valence-electron chi connectivity index (χ4n) is 2.08. The molecule has 7 heteroatoms. The smallest absolute Gasteiger partial charge is 0.246 e. The maximum Gasteiger partial charge on any atom is 0.246 e. The largest absolute Gasteiger partial charge is 0.316 e. The SMILES string of the molecule is CN[C@@H]1CCCN(S(=O)(=O)c2cnn(C)c2)C1. The van der Waals surface area contributed by atoms with Crippen molar-refractivity contribution < 1.29 is 8.42 Å². The first-order chi connectivity index (χ1) is 8.04. The molecule has 0 amide bonds. The summed E-state index contributed by atoms with van der Waals surface area (Å²) in [6.07, 6.45) is 4.86. The summed E-state index contributed by atoms with van der Waals surface area (Å²) in [7, 11) is 0.206. The number of aromatic nitrogens is 2. The van der Waals surface area contributed by atoms with E-state index >= 15 is 0 Å². The predicted octanol–water partition coefficient (Wildman–Crippen LogP) is -0.207. The third-order valence-electron chi connectivity index (χ3n) is 3.11. The van der Waals surface area contributed by atoms with Gasteiger partial charge in [0.2, 0.25) is 10.0 Å². The Bertz CT molecular complexity index is 482. The molecule has 0 spiro atoms. The average Bonchev–Trinajstić information content (AvgIpc) is 2.76. The summed E-state index contributed by atoms with van der Waals surface area (Å²) in [5.74, 6) is 0. The Hall–Kier alpha value is -0.920. The molecule has 1 N–H and O–H groups in total. The van der Waals surface area contributed by atoms with Crippen molar-refractivity contribution in [2.24, 2.45) is 7.05 Å². The lowest BCUT2D eigenvalue weighted by molar-refractivity contribution is 0.293. The first-order valence-corrected chi connectivity index (χ1v) is 7.14. The summed E-state index contributed by atoms with van der Waals surface area (Å²) in [4.78, 5) is 0.275. The second-order valence-electron chi connectivity index (χ2n) is 4.34. The fraction of sp³-hybridized carbons (Fsp3) is 0.700. The van der Waals surface area contributed by atoms with Crippen LogP contribution in [0.3, 0.4) is 0 Å². The van der Waals surface area contributed by atoms with Gasteiger partial charge in [0.1, 0.15) is 4.90 Å². The summed E-state index contributed by atoms with van der Waals surface area (Å²) >= 11 is 0. The minimum Gasteiger partial charge on any atom is -0.316 e. The van der Waals surface area contributed by atoms with E-state index in [0.29, 0.717) is 13.1 Å². The third kappa shape index (κ3) is 2.51. The molecule has 2 rings (SSSR count). The number of aryl methyl sites for hydroxylation is 1. The molecular weight excluding hydrogens is 240 g/mol. The van der Waals surface area contributed by atoms with Crippen LogP contribution in [0.4, 0.5) is 0 Å². The van der Waals surface area contributed by atoms with Gasteiger partial charge in [-0.3, -0.25) is 4.68 Å². The molecule has 1 aromatic heterocycles. The number of nitrogens with one attached hydrogen (secondary N) is 1. The molecule has 1 aromatic rings. The number of sulfonamides is 1. The van der Waals surface area contributed by atoms with E-state index in [1.54, 1.807) is 13.2 Å². The molecule has 2 heterocycles. The van der Waals surface area contributed by atoms with Crippen LogP contribution in [0, 0.1) is 0 Å². The summed E-state index contributed by atoms with van der Waals surface area (Å²) in [6.45, 7) is 1.13. The molecule has 0 aliphatic carbocycles. The van der Waals surface area contributed by atoms with E-state index in [0.717, 1.165) is 12.8 Å². The molecule has 0 unspecified atom stereocenters. The van der Waals surface area contributed by atoms with Gasteiger partial charge in [0.15, 0.2) is 0 Å². The number of hydrogen-bond donors (Lipinski definition) is 1. The summed E-state index contributed by atoms with van der Waals surface area (Å²) in [6, 6.07) is 0.246. The lowest BCUT2D eigenvalue weighted by Gasteiger charge is -2.31. The zero-order chi connectivity index (χ0) is 12.5. The Morgan fingerprint density at radius 3 is 2.88 bits per heavy atom. The second-order valence-corrected chi connectivity index (χ2v) is 6.28. The highest BCUT2D eigenvalue weighted by molar-refractivity contribution is 7.89. The van der Waals surface area contributed by atoms with Gasteiger partial charge in [-0.25, -0.2) is 8.42 Å². The molecule has 0 aromatic carbocycles. The lowest BCUT2D eigenvalue weighted by Crippen LogP contribution is -2.46. The van der Waals surface area contributed by atoms with Crippen LogP contribution in [0.2, 0.25) is 0 Å². The van der Waals surface area contributed by atoms with E-state index in [1.165, 1.54) is 15.2 Å². The molecule has 1 saturated heterocycles. The van der Waals surface area contributed by atoms with Gasteiger partial charge in [-0.2, -0.15) is 9.40 Å². The molecular formula is C10H18N4O2S. The zero-order valence-electron chi connectivity index (χ0n) is 10.1. The van der Waals surface area contributed by atoms with Crippen molar-refractivity contribution in [1.82, 2.24) is 19.4 Å². The molecule has 6 nitrogen and oxygen atoms in total. The Labute approximate surface area is 102 Å². The quantitative estimate of drug-likeness (QED) is 0.815. The molecule has 0 radical (unpaired) electrons. The normalized spacial score (nSPS) is 22.8. The third-order valence-corrected chi connectivity index (χ3v) is 4.93. The van der Waals surface area contributed by atoms with Crippen LogP contribution in [0.25, 0.3) is 0 Å².